The maximum Gasteiger partial charge on any atom is 0.246 e. The summed E-state index contributed by atoms with van der Waals surface area (Å²) < 4.78 is 10.5. The first kappa shape index (κ1) is 16.1. The summed E-state index contributed by atoms with van der Waals surface area (Å²) in [6.07, 6.45) is 2.26. The summed E-state index contributed by atoms with van der Waals surface area (Å²) >= 11 is 0. The molecule has 5 heteroatoms. The van der Waals surface area contributed by atoms with E-state index in [1.54, 1.807) is 7.11 Å². The Labute approximate surface area is 141 Å². The van der Waals surface area contributed by atoms with Crippen molar-refractivity contribution in [1.82, 2.24) is 10.1 Å². The molecule has 2 aromatic carbocycles. The van der Waals surface area contributed by atoms with Crippen molar-refractivity contribution in [2.45, 2.75) is 26.3 Å². The second kappa shape index (κ2) is 7.64. The van der Waals surface area contributed by atoms with Gasteiger partial charge in [-0.2, -0.15) is 4.98 Å². The Balaban J connectivity index is 1.61. The monoisotopic (exact) mass is 323 g/mol. The number of benzene rings is 2. The van der Waals surface area contributed by atoms with Crippen molar-refractivity contribution in [3.05, 3.63) is 60.0 Å². The second-order valence-corrected chi connectivity index (χ2v) is 5.54. The lowest BCUT2D eigenvalue weighted by molar-refractivity contribution is 0.384. The lowest BCUT2D eigenvalue weighted by Gasteiger charge is -2.04. The largest absolute Gasteiger partial charge is 0.497 e. The van der Waals surface area contributed by atoms with Gasteiger partial charge >= 0.3 is 0 Å². The van der Waals surface area contributed by atoms with Crippen molar-refractivity contribution in [2.24, 2.45) is 0 Å². The van der Waals surface area contributed by atoms with Gasteiger partial charge in [0.1, 0.15) is 5.75 Å². The lowest BCUT2D eigenvalue weighted by Crippen LogP contribution is -1.99. The summed E-state index contributed by atoms with van der Waals surface area (Å²) in [5.41, 5.74) is 3.29. The Kier molecular flexibility index (Phi) is 5.11. The first-order chi connectivity index (χ1) is 11.8. The van der Waals surface area contributed by atoms with E-state index in [4.69, 9.17) is 9.26 Å². The first-order valence-corrected chi connectivity index (χ1v) is 8.08. The lowest BCUT2D eigenvalue weighted by atomic mass is 10.1. The van der Waals surface area contributed by atoms with E-state index < -0.39 is 0 Å². The van der Waals surface area contributed by atoms with E-state index in [1.165, 1.54) is 5.56 Å². The van der Waals surface area contributed by atoms with Gasteiger partial charge in [-0.15, -0.1) is 0 Å². The Morgan fingerprint density at radius 2 is 1.79 bits per heavy atom. The highest BCUT2D eigenvalue weighted by Crippen LogP contribution is 2.20. The predicted molar refractivity (Wildman–Crippen MR) is 94.0 cm³/mol. The minimum atomic E-state index is 0.496. The topological polar surface area (TPSA) is 60.2 Å². The van der Waals surface area contributed by atoms with Gasteiger partial charge in [0.15, 0.2) is 0 Å². The molecule has 1 aromatic heterocycles. The summed E-state index contributed by atoms with van der Waals surface area (Å²) in [5.74, 6) is 1.93. The number of hydrogen-bond donors (Lipinski definition) is 1. The maximum atomic E-state index is 5.30. The average molecular weight is 323 g/mol. The van der Waals surface area contributed by atoms with Crippen LogP contribution in [0.5, 0.6) is 5.75 Å². The van der Waals surface area contributed by atoms with Gasteiger partial charge in [-0.05, 0) is 48.4 Å². The van der Waals surface area contributed by atoms with Crippen LogP contribution >= 0.6 is 0 Å². The van der Waals surface area contributed by atoms with Crippen molar-refractivity contribution in [1.29, 1.82) is 0 Å². The van der Waals surface area contributed by atoms with E-state index in [2.05, 4.69) is 46.6 Å². The van der Waals surface area contributed by atoms with Crippen molar-refractivity contribution in [2.75, 3.05) is 12.4 Å². The number of hydrogen-bond acceptors (Lipinski definition) is 5. The summed E-state index contributed by atoms with van der Waals surface area (Å²) in [7, 11) is 1.64. The van der Waals surface area contributed by atoms with Crippen LogP contribution in [0.2, 0.25) is 0 Å². The molecule has 3 rings (SSSR count). The highest BCUT2D eigenvalue weighted by atomic mass is 16.5. The fourth-order valence-electron chi connectivity index (χ4n) is 2.44. The Morgan fingerprint density at radius 3 is 2.46 bits per heavy atom. The minimum Gasteiger partial charge on any atom is -0.497 e. The molecular formula is C19H21N3O2. The van der Waals surface area contributed by atoms with Crippen LogP contribution in [0.3, 0.4) is 0 Å². The molecule has 1 N–H and O–H groups in total. The van der Waals surface area contributed by atoms with Crippen molar-refractivity contribution in [3.8, 4) is 17.1 Å². The molecule has 0 amide bonds. The molecule has 0 fully saturated rings. The van der Waals surface area contributed by atoms with Crippen LogP contribution in [0.1, 0.15) is 24.8 Å². The van der Waals surface area contributed by atoms with Crippen LogP contribution in [0, 0.1) is 0 Å². The van der Waals surface area contributed by atoms with Gasteiger partial charge in [0.25, 0.3) is 0 Å². The second-order valence-electron chi connectivity index (χ2n) is 5.54. The maximum absolute atomic E-state index is 5.30. The third-order valence-electron chi connectivity index (χ3n) is 3.75. The fraction of sp³-hybridized carbons (Fsp3) is 0.263. The molecule has 1 heterocycles. The average Bonchev–Trinajstić information content (AvgIpc) is 3.10. The Morgan fingerprint density at radius 1 is 1.04 bits per heavy atom. The molecule has 0 bridgehead atoms. The quantitative estimate of drug-likeness (QED) is 0.702. The summed E-state index contributed by atoms with van der Waals surface area (Å²) in [5, 5.41) is 7.32. The zero-order chi connectivity index (χ0) is 16.8. The first-order valence-electron chi connectivity index (χ1n) is 8.08. The number of nitrogens with zero attached hydrogens (tertiary/aromatic N) is 2. The third-order valence-corrected chi connectivity index (χ3v) is 3.75. The summed E-state index contributed by atoms with van der Waals surface area (Å²) in [6.45, 7) is 2.68. The predicted octanol–water partition coefficient (Wildman–Crippen LogP) is 4.31. The molecule has 0 aliphatic carbocycles. The molecule has 0 spiro atoms. The smallest absolute Gasteiger partial charge is 0.246 e. The van der Waals surface area contributed by atoms with Gasteiger partial charge in [0.2, 0.25) is 11.7 Å². The van der Waals surface area contributed by atoms with Crippen molar-refractivity contribution >= 4 is 5.69 Å². The van der Waals surface area contributed by atoms with E-state index in [0.29, 0.717) is 18.3 Å². The minimum absolute atomic E-state index is 0.496. The Hall–Kier alpha value is -2.82. The SMILES string of the molecule is CCCc1ccc(NCc2nc(-c3ccc(OC)cc3)no2)cc1. The van der Waals surface area contributed by atoms with Crippen LogP contribution in [0.15, 0.2) is 53.1 Å². The van der Waals surface area contributed by atoms with Gasteiger partial charge < -0.3 is 14.6 Å². The van der Waals surface area contributed by atoms with E-state index in [0.717, 1.165) is 29.8 Å². The molecule has 0 aliphatic heterocycles. The van der Waals surface area contributed by atoms with Crippen LogP contribution in [-0.4, -0.2) is 17.3 Å². The third kappa shape index (κ3) is 3.93. The van der Waals surface area contributed by atoms with Crippen LogP contribution in [0.25, 0.3) is 11.4 Å². The molecule has 0 radical (unpaired) electrons. The van der Waals surface area contributed by atoms with Gasteiger partial charge in [-0.1, -0.05) is 30.6 Å². The molecule has 0 saturated carbocycles. The number of ether oxygens (including phenoxy) is 1. The highest BCUT2D eigenvalue weighted by Gasteiger charge is 2.08. The highest BCUT2D eigenvalue weighted by molar-refractivity contribution is 5.55. The Bertz CT molecular complexity index is 764. The number of rotatable bonds is 7. The number of aryl methyl sites for hydroxylation is 1. The zero-order valence-electron chi connectivity index (χ0n) is 14.0. The molecule has 0 unspecified atom stereocenters. The molecule has 24 heavy (non-hydrogen) atoms. The molecule has 3 aromatic rings. The van der Waals surface area contributed by atoms with Gasteiger partial charge in [0.05, 0.1) is 13.7 Å². The van der Waals surface area contributed by atoms with E-state index in [1.807, 2.05) is 24.3 Å². The number of anilines is 1. The number of methoxy groups -OCH3 is 1. The van der Waals surface area contributed by atoms with Crippen LogP contribution < -0.4 is 10.1 Å². The fourth-order valence-corrected chi connectivity index (χ4v) is 2.44. The van der Waals surface area contributed by atoms with E-state index in [-0.39, 0.29) is 0 Å². The van der Waals surface area contributed by atoms with E-state index in [9.17, 15) is 0 Å². The van der Waals surface area contributed by atoms with E-state index >= 15 is 0 Å². The molecular weight excluding hydrogens is 302 g/mol. The van der Waals surface area contributed by atoms with Gasteiger partial charge in [0, 0.05) is 11.3 Å². The molecule has 0 atom stereocenters. The summed E-state index contributed by atoms with van der Waals surface area (Å²) in [4.78, 5) is 4.42. The van der Waals surface area contributed by atoms with Gasteiger partial charge in [-0.3, -0.25) is 0 Å². The number of aromatic nitrogens is 2. The van der Waals surface area contributed by atoms with Crippen molar-refractivity contribution < 1.29 is 9.26 Å². The number of nitrogens with one attached hydrogen (secondary N) is 1. The van der Waals surface area contributed by atoms with Crippen molar-refractivity contribution in [3.63, 3.8) is 0 Å². The zero-order valence-corrected chi connectivity index (χ0v) is 14.0. The van der Waals surface area contributed by atoms with Crippen LogP contribution in [0.4, 0.5) is 5.69 Å². The molecule has 0 aliphatic rings. The molecule has 124 valence electrons. The molecule has 5 nitrogen and oxygen atoms in total. The standard InChI is InChI=1S/C19H21N3O2/c1-3-4-14-5-9-16(10-6-14)20-13-18-21-19(22-24-18)15-7-11-17(23-2)12-8-15/h5-12,20H,3-4,13H2,1-2H3. The van der Waals surface area contributed by atoms with Gasteiger partial charge in [-0.25, -0.2) is 0 Å². The normalized spacial score (nSPS) is 10.6. The summed E-state index contributed by atoms with van der Waals surface area (Å²) in [6, 6.07) is 16.0. The molecule has 0 saturated heterocycles. The van der Waals surface area contributed by atoms with Crippen LogP contribution in [-0.2, 0) is 13.0 Å².